The van der Waals surface area contributed by atoms with Crippen LogP contribution < -0.4 is 0 Å². The molecule has 3 amide bonds. The minimum absolute atomic E-state index is 0.0240. The molecule has 3 atom stereocenters. The number of carbonyl (C=O) groups excluding carboxylic acids is 3. The Morgan fingerprint density at radius 3 is 2.09 bits per heavy atom. The Labute approximate surface area is 200 Å². The third kappa shape index (κ3) is 9.09. The van der Waals surface area contributed by atoms with Gasteiger partial charge in [0.15, 0.2) is 0 Å². The lowest BCUT2D eigenvalue weighted by molar-refractivity contribution is -0.155. The van der Waals surface area contributed by atoms with Crippen molar-refractivity contribution in [2.45, 2.75) is 97.4 Å². The number of imide groups is 1. The van der Waals surface area contributed by atoms with Crippen LogP contribution >= 0.6 is 0 Å². The fourth-order valence-corrected chi connectivity index (χ4v) is 3.55. The monoisotopic (exact) mass is 483 g/mol. The summed E-state index contributed by atoms with van der Waals surface area (Å²) in [5.41, 5.74) is 6.62. The Hall–Kier alpha value is -3.01. The number of nitrogens with zero attached hydrogens (tertiary/aromatic N) is 5. The molecule has 12 heteroatoms. The van der Waals surface area contributed by atoms with Crippen molar-refractivity contribution in [2.24, 2.45) is 11.0 Å². The molecule has 1 aliphatic rings. The van der Waals surface area contributed by atoms with E-state index in [-0.39, 0.29) is 38.3 Å². The third-order valence-corrected chi connectivity index (χ3v) is 5.01. The maximum absolute atomic E-state index is 13.7. The molecule has 0 spiro atoms. The van der Waals surface area contributed by atoms with Gasteiger partial charge in [0.25, 0.3) is 0 Å². The molecule has 1 N–H and O–H groups in total. The summed E-state index contributed by atoms with van der Waals surface area (Å²) < 4.78 is 10.8. The molecule has 0 radical (unpaired) electrons. The number of carboxylic acid groups (broad SMARTS) is 1. The van der Waals surface area contributed by atoms with E-state index in [0.29, 0.717) is 11.3 Å². The predicted octanol–water partition coefficient (Wildman–Crippen LogP) is 4.33. The lowest BCUT2D eigenvalue weighted by atomic mass is 9.91. The number of aliphatic carboxylic acids is 1. The van der Waals surface area contributed by atoms with E-state index < -0.39 is 47.3 Å². The SMILES string of the molecule is C[C@@H]1CCN(C(=O)[C@H](CCCN=[N+]=[N-])N(C(=O)OC(C)(C)C)C(=O)OC(C)(C)C)[C@@H](C(=O)O)C1. The van der Waals surface area contributed by atoms with Gasteiger partial charge in [0.05, 0.1) is 0 Å². The van der Waals surface area contributed by atoms with E-state index in [1.54, 1.807) is 41.5 Å². The van der Waals surface area contributed by atoms with Gasteiger partial charge in [0, 0.05) is 18.0 Å². The number of piperidine rings is 1. The van der Waals surface area contributed by atoms with E-state index in [9.17, 15) is 24.3 Å². The molecule has 1 aliphatic heterocycles. The molecule has 1 heterocycles. The summed E-state index contributed by atoms with van der Waals surface area (Å²) >= 11 is 0. The van der Waals surface area contributed by atoms with Crippen LogP contribution in [0.4, 0.5) is 9.59 Å². The summed E-state index contributed by atoms with van der Waals surface area (Å²) in [4.78, 5) is 56.3. The van der Waals surface area contributed by atoms with Crippen molar-refractivity contribution in [1.82, 2.24) is 9.80 Å². The average Bonchev–Trinajstić information content (AvgIpc) is 2.66. The zero-order valence-corrected chi connectivity index (χ0v) is 21.1. The minimum atomic E-state index is -1.39. The number of ether oxygens (including phenoxy) is 2. The first-order chi connectivity index (χ1) is 15.6. The number of hydrogen-bond acceptors (Lipinski definition) is 7. The normalized spacial score (nSPS) is 19.4. The second-order valence-electron chi connectivity index (χ2n) is 10.5. The fraction of sp³-hybridized carbons (Fsp3) is 0.818. The first kappa shape index (κ1) is 29.0. The lowest BCUT2D eigenvalue weighted by Crippen LogP contribution is -2.59. The Morgan fingerprint density at radius 1 is 1.12 bits per heavy atom. The van der Waals surface area contributed by atoms with Crippen molar-refractivity contribution in [1.29, 1.82) is 0 Å². The summed E-state index contributed by atoms with van der Waals surface area (Å²) in [6, 6.07) is -2.48. The largest absolute Gasteiger partial charge is 0.480 e. The number of rotatable bonds is 7. The maximum Gasteiger partial charge on any atom is 0.420 e. The summed E-state index contributed by atoms with van der Waals surface area (Å²) in [6.07, 6.45) is -1.22. The molecule has 0 aromatic carbocycles. The zero-order chi connectivity index (χ0) is 26.3. The quantitative estimate of drug-likeness (QED) is 0.244. The van der Waals surface area contributed by atoms with Crippen LogP contribution in [0.3, 0.4) is 0 Å². The van der Waals surface area contributed by atoms with Crippen molar-refractivity contribution < 1.29 is 33.8 Å². The van der Waals surface area contributed by atoms with Gasteiger partial charge in [-0.05, 0) is 78.7 Å². The molecule has 1 rings (SSSR count). The standard InChI is InChI=1S/C22H37N5O7/c1-14-10-12-26(16(13-14)18(29)30)17(28)15(9-8-11-24-25-23)27(19(31)33-21(2,3)4)20(32)34-22(5,6)7/h14-16H,8-13H2,1-7H3,(H,29,30)/t14-,15+,16-/m1/s1. The van der Waals surface area contributed by atoms with Gasteiger partial charge in [-0.3, -0.25) is 4.79 Å². The number of amides is 3. The molecule has 0 bridgehead atoms. The van der Waals surface area contributed by atoms with Crippen molar-refractivity contribution in [3.05, 3.63) is 10.4 Å². The van der Waals surface area contributed by atoms with E-state index in [4.69, 9.17) is 15.0 Å². The highest BCUT2D eigenvalue weighted by Gasteiger charge is 2.44. The number of carbonyl (C=O) groups is 4. The van der Waals surface area contributed by atoms with Crippen molar-refractivity contribution in [3.8, 4) is 0 Å². The van der Waals surface area contributed by atoms with Gasteiger partial charge in [-0.2, -0.15) is 4.90 Å². The lowest BCUT2D eigenvalue weighted by Gasteiger charge is -2.40. The fourth-order valence-electron chi connectivity index (χ4n) is 3.55. The molecule has 0 aromatic rings. The van der Waals surface area contributed by atoms with Crippen LogP contribution in [-0.4, -0.2) is 75.3 Å². The van der Waals surface area contributed by atoms with E-state index >= 15 is 0 Å². The molecular weight excluding hydrogens is 446 g/mol. The van der Waals surface area contributed by atoms with Crippen LogP contribution in [0, 0.1) is 5.92 Å². The molecular formula is C22H37N5O7. The van der Waals surface area contributed by atoms with Crippen molar-refractivity contribution in [3.63, 3.8) is 0 Å². The van der Waals surface area contributed by atoms with Gasteiger partial charge in [-0.1, -0.05) is 12.0 Å². The molecule has 34 heavy (non-hydrogen) atoms. The van der Waals surface area contributed by atoms with Crippen molar-refractivity contribution >= 4 is 24.1 Å². The van der Waals surface area contributed by atoms with E-state index in [2.05, 4.69) is 10.0 Å². The Balaban J connectivity index is 3.44. The number of likely N-dealkylation sites (tertiary alicyclic amines) is 1. The first-order valence-electron chi connectivity index (χ1n) is 11.4. The predicted molar refractivity (Wildman–Crippen MR) is 123 cm³/mol. The molecule has 0 unspecified atom stereocenters. The maximum atomic E-state index is 13.7. The van der Waals surface area contributed by atoms with Crippen LogP contribution in [0.15, 0.2) is 5.11 Å². The van der Waals surface area contributed by atoms with Gasteiger partial charge in [0.2, 0.25) is 5.91 Å². The van der Waals surface area contributed by atoms with Gasteiger partial charge >= 0.3 is 18.2 Å². The molecule has 1 fully saturated rings. The third-order valence-electron chi connectivity index (χ3n) is 5.01. The van der Waals surface area contributed by atoms with Gasteiger partial charge < -0.3 is 19.5 Å². The molecule has 1 saturated heterocycles. The van der Waals surface area contributed by atoms with E-state index in [1.807, 2.05) is 6.92 Å². The smallest absolute Gasteiger partial charge is 0.420 e. The molecule has 0 saturated carbocycles. The van der Waals surface area contributed by atoms with Gasteiger partial charge in [-0.15, -0.1) is 0 Å². The van der Waals surface area contributed by atoms with Gasteiger partial charge in [0.1, 0.15) is 23.3 Å². The number of hydrogen-bond donors (Lipinski definition) is 1. The highest BCUT2D eigenvalue weighted by Crippen LogP contribution is 2.27. The molecule has 192 valence electrons. The number of azide groups is 1. The zero-order valence-electron chi connectivity index (χ0n) is 21.1. The van der Waals surface area contributed by atoms with Gasteiger partial charge in [-0.25, -0.2) is 14.4 Å². The van der Waals surface area contributed by atoms with Crippen molar-refractivity contribution in [2.75, 3.05) is 13.1 Å². The molecule has 12 nitrogen and oxygen atoms in total. The Bertz CT molecular complexity index is 783. The van der Waals surface area contributed by atoms with Crippen LogP contribution in [0.5, 0.6) is 0 Å². The van der Waals surface area contributed by atoms with Crippen LogP contribution in [-0.2, 0) is 19.1 Å². The second-order valence-corrected chi connectivity index (χ2v) is 10.5. The highest BCUT2D eigenvalue weighted by atomic mass is 16.6. The van der Waals surface area contributed by atoms with E-state index in [0.717, 1.165) is 0 Å². The minimum Gasteiger partial charge on any atom is -0.480 e. The Morgan fingerprint density at radius 2 is 1.65 bits per heavy atom. The number of carboxylic acids is 1. The molecule has 0 aromatic heterocycles. The summed E-state index contributed by atoms with van der Waals surface area (Å²) in [5, 5.41) is 13.2. The average molecular weight is 484 g/mol. The Kier molecular flexibility index (Phi) is 10.2. The van der Waals surface area contributed by atoms with Crippen LogP contribution in [0.1, 0.15) is 74.1 Å². The summed E-state index contributed by atoms with van der Waals surface area (Å²) in [6.45, 7) is 11.8. The van der Waals surface area contributed by atoms with E-state index in [1.165, 1.54) is 4.90 Å². The summed E-state index contributed by atoms with van der Waals surface area (Å²) in [7, 11) is 0. The molecule has 0 aliphatic carbocycles. The second kappa shape index (κ2) is 11.9. The van der Waals surface area contributed by atoms with Crippen LogP contribution in [0.2, 0.25) is 0 Å². The van der Waals surface area contributed by atoms with Crippen LogP contribution in [0.25, 0.3) is 10.4 Å². The first-order valence-corrected chi connectivity index (χ1v) is 11.4. The topological polar surface area (TPSA) is 162 Å². The highest BCUT2D eigenvalue weighted by molar-refractivity contribution is 5.96. The summed E-state index contributed by atoms with van der Waals surface area (Å²) in [5.74, 6) is -1.76.